The van der Waals surface area contributed by atoms with E-state index in [4.69, 9.17) is 4.74 Å². The van der Waals surface area contributed by atoms with E-state index in [9.17, 15) is 4.79 Å². The molecule has 0 atom stereocenters. The average Bonchev–Trinajstić information content (AvgIpc) is 2.62. The third-order valence-corrected chi connectivity index (χ3v) is 3.31. The lowest BCUT2D eigenvalue weighted by atomic mass is 10.0. The van der Waals surface area contributed by atoms with Crippen LogP contribution in [0.5, 0.6) is 5.75 Å². The number of hydrogen-bond acceptors (Lipinski definition) is 5. The fraction of sp³-hybridized carbons (Fsp3) is 0.0588. The fourth-order valence-corrected chi connectivity index (χ4v) is 2.22. The molecule has 0 saturated heterocycles. The number of hydrogen-bond donors (Lipinski definition) is 1. The van der Waals surface area contributed by atoms with E-state index in [0.29, 0.717) is 5.75 Å². The zero-order chi connectivity index (χ0) is 16.1. The van der Waals surface area contributed by atoms with Gasteiger partial charge in [0.05, 0.1) is 19.5 Å². The minimum atomic E-state index is -0.423. The highest BCUT2D eigenvalue weighted by Crippen LogP contribution is 2.26. The summed E-state index contributed by atoms with van der Waals surface area (Å²) in [6, 6.07) is 11.7. The van der Waals surface area contributed by atoms with Crippen LogP contribution in [0.3, 0.4) is 0 Å². The molecule has 0 bridgehead atoms. The summed E-state index contributed by atoms with van der Waals surface area (Å²) in [4.78, 5) is 19.7. The summed E-state index contributed by atoms with van der Waals surface area (Å²) in [7, 11) is 1.60. The lowest BCUT2D eigenvalue weighted by Crippen LogP contribution is -2.19. The van der Waals surface area contributed by atoms with Gasteiger partial charge in [0.2, 0.25) is 0 Å². The Bertz CT molecular complexity index is 863. The number of ether oxygens (including phenoxy) is 1. The number of nitrogens with one attached hydrogen (secondary N) is 1. The second-order valence-electron chi connectivity index (χ2n) is 4.69. The first-order chi connectivity index (χ1) is 11.3. The van der Waals surface area contributed by atoms with Crippen LogP contribution < -0.4 is 10.2 Å². The van der Waals surface area contributed by atoms with Crippen LogP contribution in [0.2, 0.25) is 0 Å². The van der Waals surface area contributed by atoms with E-state index < -0.39 is 5.91 Å². The minimum Gasteiger partial charge on any atom is -0.496 e. The van der Waals surface area contributed by atoms with E-state index >= 15 is 0 Å². The molecule has 6 nitrogen and oxygen atoms in total. The molecule has 0 aliphatic heterocycles. The predicted molar refractivity (Wildman–Crippen MR) is 87.6 cm³/mol. The minimum absolute atomic E-state index is 0.203. The van der Waals surface area contributed by atoms with E-state index in [1.807, 2.05) is 36.4 Å². The van der Waals surface area contributed by atoms with Crippen LogP contribution in [0.25, 0.3) is 10.8 Å². The van der Waals surface area contributed by atoms with Gasteiger partial charge in [-0.15, -0.1) is 0 Å². The van der Waals surface area contributed by atoms with Crippen molar-refractivity contribution in [1.82, 2.24) is 15.4 Å². The van der Waals surface area contributed by atoms with Crippen molar-refractivity contribution in [2.24, 2.45) is 5.10 Å². The van der Waals surface area contributed by atoms with Gasteiger partial charge in [0.15, 0.2) is 0 Å². The molecular formula is C17H14N4O2. The highest BCUT2D eigenvalue weighted by Gasteiger charge is 2.07. The number of amides is 1. The molecule has 0 unspecified atom stereocenters. The first-order valence-electron chi connectivity index (χ1n) is 6.95. The van der Waals surface area contributed by atoms with Crippen LogP contribution in [-0.4, -0.2) is 29.2 Å². The number of carbonyl (C=O) groups excluding carboxylic acids is 1. The average molecular weight is 306 g/mol. The van der Waals surface area contributed by atoms with Crippen molar-refractivity contribution in [3.05, 3.63) is 66.2 Å². The number of nitrogens with zero attached hydrogens (tertiary/aromatic N) is 3. The monoisotopic (exact) mass is 306 g/mol. The number of hydrazone groups is 1. The molecule has 0 spiro atoms. The molecule has 2 aromatic carbocycles. The van der Waals surface area contributed by atoms with Crippen molar-refractivity contribution >= 4 is 22.9 Å². The maximum absolute atomic E-state index is 11.9. The van der Waals surface area contributed by atoms with Gasteiger partial charge in [-0.25, -0.2) is 10.4 Å². The molecule has 23 heavy (non-hydrogen) atoms. The summed E-state index contributed by atoms with van der Waals surface area (Å²) in [5.74, 6) is 0.259. The quantitative estimate of drug-likeness (QED) is 0.593. The first kappa shape index (κ1) is 14.6. The van der Waals surface area contributed by atoms with Crippen molar-refractivity contribution in [2.75, 3.05) is 7.11 Å². The zero-order valence-corrected chi connectivity index (χ0v) is 12.4. The molecule has 0 saturated carbocycles. The molecule has 1 amide bonds. The van der Waals surface area contributed by atoms with E-state index in [1.54, 1.807) is 13.3 Å². The maximum Gasteiger partial charge on any atom is 0.291 e. The Morgan fingerprint density at radius 3 is 2.87 bits per heavy atom. The van der Waals surface area contributed by atoms with Crippen molar-refractivity contribution in [2.45, 2.75) is 0 Å². The van der Waals surface area contributed by atoms with Gasteiger partial charge in [-0.1, -0.05) is 30.3 Å². The number of rotatable bonds is 4. The van der Waals surface area contributed by atoms with E-state index in [-0.39, 0.29) is 5.69 Å². The van der Waals surface area contributed by atoms with Crippen LogP contribution >= 0.6 is 0 Å². The molecule has 6 heteroatoms. The Labute approximate surface area is 132 Å². The molecule has 3 aromatic rings. The van der Waals surface area contributed by atoms with Gasteiger partial charge in [-0.05, 0) is 16.8 Å². The Balaban J connectivity index is 1.87. The summed E-state index contributed by atoms with van der Waals surface area (Å²) in [5.41, 5.74) is 3.44. The third kappa shape index (κ3) is 3.16. The van der Waals surface area contributed by atoms with Gasteiger partial charge in [0, 0.05) is 18.0 Å². The largest absolute Gasteiger partial charge is 0.496 e. The van der Waals surface area contributed by atoms with Crippen LogP contribution in [0.4, 0.5) is 0 Å². The Hall–Kier alpha value is -3.28. The van der Waals surface area contributed by atoms with E-state index in [1.165, 1.54) is 18.6 Å². The molecule has 3 rings (SSSR count). The molecule has 1 aromatic heterocycles. The number of methoxy groups -OCH3 is 1. The predicted octanol–water partition coefficient (Wildman–Crippen LogP) is 2.40. The molecule has 0 radical (unpaired) electrons. The van der Waals surface area contributed by atoms with Gasteiger partial charge >= 0.3 is 0 Å². The van der Waals surface area contributed by atoms with Crippen LogP contribution in [0.1, 0.15) is 16.1 Å². The van der Waals surface area contributed by atoms with Gasteiger partial charge in [0.25, 0.3) is 5.91 Å². The summed E-state index contributed by atoms with van der Waals surface area (Å²) in [6.07, 6.45) is 5.90. The third-order valence-electron chi connectivity index (χ3n) is 3.31. The first-order valence-corrected chi connectivity index (χ1v) is 6.95. The second kappa shape index (κ2) is 6.65. The van der Waals surface area contributed by atoms with Crippen molar-refractivity contribution in [1.29, 1.82) is 0 Å². The Morgan fingerprint density at radius 2 is 2.09 bits per heavy atom. The molecule has 0 aliphatic carbocycles. The summed E-state index contributed by atoms with van der Waals surface area (Å²) in [6.45, 7) is 0. The number of aromatic nitrogens is 2. The number of carbonyl (C=O) groups is 1. The second-order valence-corrected chi connectivity index (χ2v) is 4.69. The lowest BCUT2D eigenvalue weighted by Gasteiger charge is -2.08. The highest BCUT2D eigenvalue weighted by atomic mass is 16.5. The van der Waals surface area contributed by atoms with Crippen molar-refractivity contribution in [3.8, 4) is 5.75 Å². The van der Waals surface area contributed by atoms with Crippen molar-refractivity contribution < 1.29 is 9.53 Å². The number of fused-ring (bicyclic) bond motifs is 1. The summed E-state index contributed by atoms with van der Waals surface area (Å²) >= 11 is 0. The smallest absolute Gasteiger partial charge is 0.291 e. The van der Waals surface area contributed by atoms with E-state index in [2.05, 4.69) is 20.5 Å². The summed E-state index contributed by atoms with van der Waals surface area (Å²) < 4.78 is 5.37. The normalized spacial score (nSPS) is 10.8. The Kier molecular flexibility index (Phi) is 4.24. The summed E-state index contributed by atoms with van der Waals surface area (Å²) in [5, 5.41) is 6.06. The molecular weight excluding hydrogens is 292 g/mol. The van der Waals surface area contributed by atoms with Crippen LogP contribution in [0, 0.1) is 0 Å². The lowest BCUT2D eigenvalue weighted by molar-refractivity contribution is 0.0949. The van der Waals surface area contributed by atoms with Crippen molar-refractivity contribution in [3.63, 3.8) is 0 Å². The maximum atomic E-state index is 11.9. The van der Waals surface area contributed by atoms with E-state index in [0.717, 1.165) is 16.3 Å². The van der Waals surface area contributed by atoms with Gasteiger partial charge in [-0.3, -0.25) is 9.78 Å². The molecule has 0 aliphatic rings. The highest BCUT2D eigenvalue weighted by molar-refractivity contribution is 6.03. The topological polar surface area (TPSA) is 76.5 Å². The van der Waals surface area contributed by atoms with Gasteiger partial charge in [-0.2, -0.15) is 5.10 Å². The molecule has 114 valence electrons. The number of benzene rings is 2. The molecule has 1 heterocycles. The fourth-order valence-electron chi connectivity index (χ4n) is 2.22. The Morgan fingerprint density at radius 1 is 1.22 bits per heavy atom. The van der Waals surface area contributed by atoms with Crippen LogP contribution in [0.15, 0.2) is 60.1 Å². The molecule has 1 N–H and O–H groups in total. The van der Waals surface area contributed by atoms with Gasteiger partial charge in [0.1, 0.15) is 11.4 Å². The van der Waals surface area contributed by atoms with Gasteiger partial charge < -0.3 is 4.74 Å². The van der Waals surface area contributed by atoms with Crippen LogP contribution in [-0.2, 0) is 0 Å². The zero-order valence-electron chi connectivity index (χ0n) is 12.4. The SMILES string of the molecule is COc1ccc2ccccc2c1/C=N\NC(=O)c1cnccn1. The molecule has 0 fully saturated rings. The standard InChI is InChI=1S/C17H14N4O2/c1-23-16-7-6-12-4-2-3-5-13(12)14(16)10-20-21-17(22)15-11-18-8-9-19-15/h2-11H,1H3,(H,21,22)/b20-10-.